The van der Waals surface area contributed by atoms with Crippen LogP contribution in [0.5, 0.6) is 0 Å². The molecule has 0 amide bonds. The molecule has 0 fully saturated rings. The van der Waals surface area contributed by atoms with Gasteiger partial charge in [0.1, 0.15) is 0 Å². The molecule has 2 aromatic rings. The predicted octanol–water partition coefficient (Wildman–Crippen LogP) is 2.75. The highest BCUT2D eigenvalue weighted by molar-refractivity contribution is 7.12. The molecule has 5 heteroatoms. The third-order valence-electron chi connectivity index (χ3n) is 3.17. The first-order valence-electron chi connectivity index (χ1n) is 6.07. The van der Waals surface area contributed by atoms with E-state index >= 15 is 0 Å². The second kappa shape index (κ2) is 5.02. The number of ketones is 1. The largest absolute Gasteiger partial charge is 0.464 e. The van der Waals surface area contributed by atoms with E-state index in [9.17, 15) is 9.59 Å². The van der Waals surface area contributed by atoms with Crippen LogP contribution >= 0.6 is 11.3 Å². The molecule has 0 saturated carbocycles. The van der Waals surface area contributed by atoms with Gasteiger partial charge in [0, 0.05) is 11.0 Å². The summed E-state index contributed by atoms with van der Waals surface area (Å²) in [6.07, 6.45) is 2.67. The van der Waals surface area contributed by atoms with E-state index in [1.165, 1.54) is 7.11 Å². The number of Topliss-reactive ketones (excluding diaryl/α,β-unsaturated/α-hetero) is 1. The zero-order chi connectivity index (χ0) is 14.1. The number of carbonyl (C=O) groups is 2. The van der Waals surface area contributed by atoms with Crippen LogP contribution in [0.2, 0.25) is 0 Å². The molecule has 0 saturated heterocycles. The minimum atomic E-state index is -0.527. The van der Waals surface area contributed by atoms with Gasteiger partial charge in [0.05, 0.1) is 7.11 Å². The number of benzene rings is 1. The minimum absolute atomic E-state index is 0.143. The summed E-state index contributed by atoms with van der Waals surface area (Å²) in [5.41, 5.74) is 2.92. The van der Waals surface area contributed by atoms with Gasteiger partial charge in [-0.15, -0.1) is 11.3 Å². The molecule has 0 spiro atoms. The van der Waals surface area contributed by atoms with Gasteiger partial charge in [-0.25, -0.2) is 9.78 Å². The number of carbonyl (C=O) groups excluding carboxylic acids is 2. The molecular weight excluding hydrogens is 274 g/mol. The molecule has 0 N–H and O–H groups in total. The van der Waals surface area contributed by atoms with Crippen molar-refractivity contribution in [3.05, 3.63) is 57.6 Å². The quantitative estimate of drug-likeness (QED) is 0.642. The fraction of sp³-hybridized carbons (Fsp3) is 0.133. The molecule has 20 heavy (non-hydrogen) atoms. The summed E-state index contributed by atoms with van der Waals surface area (Å²) in [5.74, 6) is -0.670. The van der Waals surface area contributed by atoms with Crippen LogP contribution in [0.1, 0.15) is 31.4 Å². The van der Waals surface area contributed by atoms with Crippen LogP contribution < -0.4 is 0 Å². The topological polar surface area (TPSA) is 56.3 Å². The molecule has 1 aliphatic carbocycles. The lowest BCUT2D eigenvalue weighted by Gasteiger charge is -2.02. The Morgan fingerprint density at radius 2 is 2.10 bits per heavy atom. The Balaban J connectivity index is 1.91. The molecule has 1 aromatic carbocycles. The van der Waals surface area contributed by atoms with Gasteiger partial charge < -0.3 is 4.74 Å². The Morgan fingerprint density at radius 1 is 1.30 bits per heavy atom. The Morgan fingerprint density at radius 3 is 2.90 bits per heavy atom. The Labute approximate surface area is 119 Å². The second-order valence-corrected chi connectivity index (χ2v) is 5.20. The van der Waals surface area contributed by atoms with E-state index in [0.29, 0.717) is 10.6 Å². The van der Waals surface area contributed by atoms with Crippen molar-refractivity contribution < 1.29 is 14.3 Å². The molecule has 1 heterocycles. The number of fused-ring (bicyclic) bond motifs is 1. The lowest BCUT2D eigenvalue weighted by Crippen LogP contribution is -2.05. The Bertz CT molecular complexity index is 730. The number of esters is 1. The van der Waals surface area contributed by atoms with E-state index in [-0.39, 0.29) is 11.5 Å². The van der Waals surface area contributed by atoms with Crippen LogP contribution in [0.4, 0.5) is 0 Å². The third kappa shape index (κ3) is 2.06. The average Bonchev–Trinajstić information content (AvgIpc) is 3.12. The predicted molar refractivity (Wildman–Crippen MR) is 75.9 cm³/mol. The van der Waals surface area contributed by atoms with Crippen LogP contribution in [-0.2, 0) is 11.2 Å². The lowest BCUT2D eigenvalue weighted by atomic mass is 10.0. The van der Waals surface area contributed by atoms with Gasteiger partial charge in [-0.2, -0.15) is 0 Å². The molecule has 100 valence electrons. The number of hydrogen-bond acceptors (Lipinski definition) is 5. The van der Waals surface area contributed by atoms with Gasteiger partial charge in [-0.05, 0) is 17.5 Å². The van der Waals surface area contributed by atoms with Gasteiger partial charge in [-0.3, -0.25) is 4.79 Å². The number of ether oxygens (including phenoxy) is 1. The van der Waals surface area contributed by atoms with Gasteiger partial charge >= 0.3 is 5.97 Å². The number of aromatic nitrogens is 1. The average molecular weight is 285 g/mol. The molecular formula is C15H11NO3S. The van der Waals surface area contributed by atoms with Crippen LogP contribution in [0.25, 0.3) is 5.57 Å². The van der Waals surface area contributed by atoms with Crippen LogP contribution in [0.15, 0.2) is 35.7 Å². The number of methoxy groups -OCH3 is 1. The van der Waals surface area contributed by atoms with Crippen molar-refractivity contribution in [2.45, 2.75) is 6.42 Å². The van der Waals surface area contributed by atoms with Crippen molar-refractivity contribution in [1.29, 1.82) is 0 Å². The maximum absolute atomic E-state index is 12.5. The zero-order valence-electron chi connectivity index (χ0n) is 10.8. The molecule has 0 unspecified atom stereocenters. The molecule has 1 aromatic heterocycles. The summed E-state index contributed by atoms with van der Waals surface area (Å²) in [4.78, 5) is 27.9. The van der Waals surface area contributed by atoms with Crippen molar-refractivity contribution in [1.82, 2.24) is 4.98 Å². The van der Waals surface area contributed by atoms with Gasteiger partial charge in [0.15, 0.2) is 10.7 Å². The van der Waals surface area contributed by atoms with E-state index < -0.39 is 5.97 Å². The summed E-state index contributed by atoms with van der Waals surface area (Å²) >= 11 is 1.16. The van der Waals surface area contributed by atoms with Gasteiger partial charge in [0.25, 0.3) is 0 Å². The zero-order valence-corrected chi connectivity index (χ0v) is 11.6. The van der Waals surface area contributed by atoms with Crippen LogP contribution in [0.3, 0.4) is 0 Å². The summed E-state index contributed by atoms with van der Waals surface area (Å²) in [6, 6.07) is 7.81. The Kier molecular flexibility index (Phi) is 3.20. The van der Waals surface area contributed by atoms with Crippen molar-refractivity contribution in [3.63, 3.8) is 0 Å². The molecule has 1 aliphatic rings. The summed E-state index contributed by atoms with van der Waals surface area (Å²) in [6.45, 7) is 0. The summed E-state index contributed by atoms with van der Waals surface area (Å²) < 4.78 is 4.59. The molecule has 0 aliphatic heterocycles. The van der Waals surface area contributed by atoms with Crippen molar-refractivity contribution in [2.75, 3.05) is 7.11 Å². The van der Waals surface area contributed by atoms with E-state index in [4.69, 9.17) is 0 Å². The first kappa shape index (κ1) is 12.7. The van der Waals surface area contributed by atoms with E-state index in [1.807, 2.05) is 30.3 Å². The van der Waals surface area contributed by atoms with Crippen LogP contribution in [0, 0.1) is 0 Å². The van der Waals surface area contributed by atoms with E-state index in [1.54, 1.807) is 5.38 Å². The molecule has 0 radical (unpaired) electrons. The fourth-order valence-corrected chi connectivity index (χ4v) is 2.93. The molecule has 4 nitrogen and oxygen atoms in total. The standard InChI is InChI=1S/C15H11NO3S/c1-19-15(18)12-8-20-14(16-12)13(17)11-7-6-9-4-2-3-5-10(9)11/h2-5,7-8H,6H2,1H3. The Hall–Kier alpha value is -2.27. The van der Waals surface area contributed by atoms with Crippen molar-refractivity contribution in [3.8, 4) is 0 Å². The number of rotatable bonds is 3. The number of allylic oxidation sites excluding steroid dienone is 2. The van der Waals surface area contributed by atoms with Crippen LogP contribution in [-0.4, -0.2) is 23.8 Å². The number of hydrogen-bond donors (Lipinski definition) is 0. The first-order chi connectivity index (χ1) is 9.70. The van der Waals surface area contributed by atoms with Crippen molar-refractivity contribution >= 4 is 28.7 Å². The molecule has 3 rings (SSSR count). The highest BCUT2D eigenvalue weighted by atomic mass is 32.1. The number of thiazole rings is 1. The van der Waals surface area contributed by atoms with Gasteiger partial charge in [-0.1, -0.05) is 30.3 Å². The summed E-state index contributed by atoms with van der Waals surface area (Å²) in [7, 11) is 1.29. The van der Waals surface area contributed by atoms with E-state index in [2.05, 4.69) is 9.72 Å². The highest BCUT2D eigenvalue weighted by Crippen LogP contribution is 2.30. The third-order valence-corrected chi connectivity index (χ3v) is 4.01. The maximum Gasteiger partial charge on any atom is 0.357 e. The maximum atomic E-state index is 12.5. The molecule has 0 bridgehead atoms. The number of nitrogens with zero attached hydrogens (tertiary/aromatic N) is 1. The highest BCUT2D eigenvalue weighted by Gasteiger charge is 2.24. The van der Waals surface area contributed by atoms with Crippen molar-refractivity contribution in [2.24, 2.45) is 0 Å². The SMILES string of the molecule is COC(=O)c1csc(C(=O)C2=CCc3ccccc32)n1. The van der Waals surface area contributed by atoms with E-state index in [0.717, 1.165) is 28.9 Å². The summed E-state index contributed by atoms with van der Waals surface area (Å²) in [5, 5.41) is 1.86. The lowest BCUT2D eigenvalue weighted by molar-refractivity contribution is 0.0595. The minimum Gasteiger partial charge on any atom is -0.464 e. The molecule has 0 atom stereocenters. The van der Waals surface area contributed by atoms with Gasteiger partial charge in [0.2, 0.25) is 5.78 Å². The first-order valence-corrected chi connectivity index (χ1v) is 6.95. The normalized spacial score (nSPS) is 12.8. The second-order valence-electron chi connectivity index (χ2n) is 4.34. The smallest absolute Gasteiger partial charge is 0.357 e. The monoisotopic (exact) mass is 285 g/mol. The fourth-order valence-electron chi connectivity index (χ4n) is 2.19.